The van der Waals surface area contributed by atoms with Crippen molar-refractivity contribution in [2.24, 2.45) is 49.3 Å². The van der Waals surface area contributed by atoms with Crippen LogP contribution in [0.2, 0.25) is 0 Å². The van der Waals surface area contributed by atoms with Gasteiger partial charge in [-0.3, -0.25) is 67.2 Å². The van der Waals surface area contributed by atoms with Crippen molar-refractivity contribution in [3.05, 3.63) is 194 Å². The molecule has 0 saturated carbocycles. The van der Waals surface area contributed by atoms with Gasteiger partial charge in [-0.2, -0.15) is 0 Å². The van der Waals surface area contributed by atoms with E-state index in [0.717, 1.165) is 124 Å². The number of H-pyrrole nitrogens is 1. The molecule has 8 aromatic heterocycles. The third-order valence-electron chi connectivity index (χ3n) is 23.3. The summed E-state index contributed by atoms with van der Waals surface area (Å²) in [7, 11) is 11.2. The number of rotatable bonds is 43. The van der Waals surface area contributed by atoms with Gasteiger partial charge in [0.05, 0.1) is 17.1 Å². The zero-order valence-electron chi connectivity index (χ0n) is 77.0. The molecule has 13 N–H and O–H groups in total. The summed E-state index contributed by atoms with van der Waals surface area (Å²) in [4.78, 5) is 198. The Morgan fingerprint density at radius 1 is 0.444 bits per heavy atom. The molecule has 2 aliphatic rings. The van der Waals surface area contributed by atoms with E-state index in [0.29, 0.717) is 48.3 Å². The van der Waals surface area contributed by atoms with Crippen LogP contribution in [0.5, 0.6) is 0 Å². The molecule has 12 amide bonds. The van der Waals surface area contributed by atoms with Crippen LogP contribution in [0.25, 0.3) is 11.1 Å². The van der Waals surface area contributed by atoms with E-state index in [2.05, 4.69) is 141 Å². The van der Waals surface area contributed by atoms with Crippen LogP contribution in [0.4, 0.5) is 40.2 Å². The highest BCUT2D eigenvalue weighted by Crippen LogP contribution is 2.35. The van der Waals surface area contributed by atoms with Crippen LogP contribution < -0.4 is 74.3 Å². The molecule has 706 valence electrons. The lowest BCUT2D eigenvalue weighted by Crippen LogP contribution is -2.46. The van der Waals surface area contributed by atoms with Gasteiger partial charge in [-0.25, -0.2) is 19.9 Å². The number of anilines is 7. The van der Waals surface area contributed by atoms with Crippen molar-refractivity contribution in [1.29, 1.82) is 0 Å². The normalized spacial score (nSPS) is 12.9. The number of amides is 12. The molecule has 12 rings (SSSR count). The average molecular weight is 1830 g/mol. The summed E-state index contributed by atoms with van der Waals surface area (Å²) in [6.07, 6.45) is 19.0. The number of hydrogen-bond donors (Lipinski definition) is 13. The summed E-state index contributed by atoms with van der Waals surface area (Å²) < 4.78 is 16.1. The Kier molecular flexibility index (Phi) is 33.5. The van der Waals surface area contributed by atoms with Crippen LogP contribution in [0, 0.1) is 20.8 Å². The molecule has 10 aromatic rings. The second-order valence-corrected chi connectivity index (χ2v) is 33.5. The zero-order chi connectivity index (χ0) is 95.1. The lowest BCUT2D eigenvalue weighted by molar-refractivity contribution is -0.121. The summed E-state index contributed by atoms with van der Waals surface area (Å²) in [5.41, 5.74) is 9.27. The van der Waals surface area contributed by atoms with E-state index in [1.54, 1.807) is 66.3 Å². The Balaban J connectivity index is 0.477. The molecule has 41 nitrogen and oxygen atoms in total. The van der Waals surface area contributed by atoms with E-state index in [9.17, 15) is 62.3 Å². The van der Waals surface area contributed by atoms with Crippen molar-refractivity contribution in [2.45, 2.75) is 124 Å². The fourth-order valence-corrected chi connectivity index (χ4v) is 16.1. The summed E-state index contributed by atoms with van der Waals surface area (Å²) in [6, 6.07) is 19.5. The summed E-state index contributed by atoms with van der Waals surface area (Å²) in [6.45, 7) is 16.7. The van der Waals surface area contributed by atoms with Gasteiger partial charge in [0.2, 0.25) is 41.1 Å². The number of unbranched alkanes of at least 4 members (excludes halogenated alkanes) is 4. The number of imidazole rings is 4. The number of hydrogen-bond acceptors (Lipinski definition) is 21. The lowest BCUT2D eigenvalue weighted by atomic mass is 9.94. The van der Waals surface area contributed by atoms with Gasteiger partial charge in [0.25, 0.3) is 52.8 Å². The lowest BCUT2D eigenvalue weighted by Gasteiger charge is -2.37. The molecule has 2 aromatic carbocycles. The highest BCUT2D eigenvalue weighted by molar-refractivity contribution is 6.07. The van der Waals surface area contributed by atoms with Crippen molar-refractivity contribution in [3.8, 4) is 11.1 Å². The molecule has 2 fully saturated rings. The van der Waals surface area contributed by atoms with Crippen molar-refractivity contribution >= 4 is 111 Å². The first-order valence-corrected chi connectivity index (χ1v) is 44.6. The molecule has 10 heterocycles. The largest absolute Gasteiger partial charge is 0.381 e. The average Bonchev–Trinajstić information content (AvgIpc) is 1.77. The molecular weight excluding hydrogens is 1710 g/mol. The van der Waals surface area contributed by atoms with Crippen molar-refractivity contribution in [2.75, 3.05) is 122 Å². The topological polar surface area (TPSA) is 487 Å². The fraction of sp³-hybridized carbons (Fsp3) is 0.424. The van der Waals surface area contributed by atoms with E-state index in [1.807, 2.05) is 32.9 Å². The maximum Gasteiger partial charge on any atom is 0.291 e. The van der Waals surface area contributed by atoms with Gasteiger partial charge in [-0.15, -0.1) is 0 Å². The summed E-state index contributed by atoms with van der Waals surface area (Å²) >= 11 is 0. The second-order valence-electron chi connectivity index (χ2n) is 33.5. The number of aromatic amines is 1. The number of nitrogens with zero attached hydrogens (tertiary/aromatic N) is 14. The molecular formula is C92H119N27O14. The van der Waals surface area contributed by atoms with E-state index in [1.165, 1.54) is 88.3 Å². The SMILES string of the molecule is CCN(c1cc(-c2ccc(CN3CCN(CCCCCCCNC(=O)CCNC(=O)c4nc(NC(=O)c5cc(NC(=O)CCNC(=O)c6nc(NC(=O)CCCNC(=O)c7cc(NC(=O)c8nc(NC(=O)CCNC(=O)c9cc(NC(=O)c%10nccn%10C)cn9C)cn8C)cn7C)cn6C)cn5C)cn4C)CC3)cc2)cc(C(=O)NCc2c(C)cc(C)[nH]c2=O)c1C)C1CCOCC1. The predicted molar refractivity (Wildman–Crippen MR) is 500 cm³/mol. The van der Waals surface area contributed by atoms with Gasteiger partial charge in [0.15, 0.2) is 23.3 Å². The van der Waals surface area contributed by atoms with Crippen LogP contribution in [0.1, 0.15) is 196 Å². The van der Waals surface area contributed by atoms with Gasteiger partial charge < -0.3 is 115 Å². The first-order valence-electron chi connectivity index (χ1n) is 44.6. The molecule has 2 saturated heterocycles. The quantitative estimate of drug-likeness (QED) is 0.0187. The van der Waals surface area contributed by atoms with Crippen molar-refractivity contribution in [1.82, 2.24) is 98.6 Å². The Bertz CT molecular complexity index is 5960. The third-order valence-corrected chi connectivity index (χ3v) is 23.3. The number of ether oxygens (including phenoxy) is 1. The first-order chi connectivity index (χ1) is 63.8. The third kappa shape index (κ3) is 26.6. The van der Waals surface area contributed by atoms with Crippen LogP contribution >= 0.6 is 0 Å². The first kappa shape index (κ1) is 97.4. The number of pyridine rings is 1. The van der Waals surface area contributed by atoms with Gasteiger partial charge in [-0.1, -0.05) is 43.5 Å². The number of aryl methyl sites for hydroxylation is 9. The van der Waals surface area contributed by atoms with Gasteiger partial charge in [-0.05, 0) is 131 Å². The Morgan fingerprint density at radius 3 is 1.50 bits per heavy atom. The van der Waals surface area contributed by atoms with Crippen molar-refractivity contribution < 1.29 is 62.3 Å². The van der Waals surface area contributed by atoms with Crippen LogP contribution in [-0.2, 0) is 86.3 Å². The highest BCUT2D eigenvalue weighted by atomic mass is 16.5. The smallest absolute Gasteiger partial charge is 0.291 e. The van der Waals surface area contributed by atoms with E-state index in [4.69, 9.17) is 4.74 Å². The van der Waals surface area contributed by atoms with Crippen LogP contribution in [0.15, 0.2) is 115 Å². The number of piperazine rings is 1. The maximum atomic E-state index is 14.1. The van der Waals surface area contributed by atoms with Gasteiger partial charge in [0, 0.05) is 245 Å². The zero-order valence-corrected chi connectivity index (χ0v) is 77.0. The molecule has 133 heavy (non-hydrogen) atoms. The maximum absolute atomic E-state index is 14.1. The molecule has 41 heteroatoms. The van der Waals surface area contributed by atoms with Crippen LogP contribution in [-0.4, -0.2) is 229 Å². The fourth-order valence-electron chi connectivity index (χ4n) is 16.1. The monoisotopic (exact) mass is 1830 g/mol. The van der Waals surface area contributed by atoms with E-state index < -0.39 is 59.1 Å². The number of carbonyl (C=O) groups is 12. The number of nitrogens with one attached hydrogen (secondary N) is 13. The Hall–Kier alpha value is -14.6. The summed E-state index contributed by atoms with van der Waals surface area (Å²) in [5, 5.41) is 32.9. The molecule has 2 aliphatic heterocycles. The standard InChI is InChI=1S/C92H119N27O14/c1-12-119(66-27-41-133-42-28-66)69-45-62(44-67(59(69)4)84(124)99-49-68-57(2)43-58(3)100-85(68)125)61-22-20-60(21-23-61)50-118-39-37-117(38-40-118)35-17-15-13-14-16-29-93-76(120)24-31-97-90(130)82-108-75(56-115(82)10)109-88(128)72-46-63(51-113(72)8)101-78(122)25-33-98-89(129)81-106-73(54-114(81)9)104-77(121)19-18-30-95-86(126)70-48-65(53-111(70)6)103-92(132)83-107-74(55-116(83)11)105-79(123)26-32-96-87(127)71-47-64(52-112(71)7)102-91(131)80-94-34-36-110(80)5/h20-23,34,36,43-48,51-56,66H,12-19,24-33,35,37-42,49-50H2,1-11H3,(H,93,120)(H,95,126)(H,96,127)(H,97,130)(H,98,129)(H,99,124)(H,100,125)(H,101,122)(H,102,131)(H,103,132)(H,104,121)(H,105,123)(H,109,128). The minimum absolute atomic E-state index is 0.00872. The number of carbonyl (C=O) groups excluding carboxylic acids is 12. The molecule has 0 radical (unpaired) electrons. The second kappa shape index (κ2) is 45.8. The molecule has 0 bridgehead atoms. The van der Waals surface area contributed by atoms with E-state index in [-0.39, 0.29) is 146 Å². The Labute approximate surface area is 769 Å². The molecule has 0 unspecified atom stereocenters. The number of aromatic nitrogens is 12. The molecule has 0 atom stereocenters. The minimum Gasteiger partial charge on any atom is -0.381 e. The minimum atomic E-state index is -0.637. The van der Waals surface area contributed by atoms with Crippen molar-refractivity contribution in [3.63, 3.8) is 0 Å². The summed E-state index contributed by atoms with van der Waals surface area (Å²) in [5.74, 6) is -5.23. The van der Waals surface area contributed by atoms with Crippen LogP contribution in [0.3, 0.4) is 0 Å². The molecule has 0 spiro atoms. The predicted octanol–water partition coefficient (Wildman–Crippen LogP) is 6.28. The van der Waals surface area contributed by atoms with E-state index >= 15 is 0 Å². The molecule has 0 aliphatic carbocycles. The number of benzene rings is 2. The Morgan fingerprint density at radius 2 is 0.932 bits per heavy atom. The highest BCUT2D eigenvalue weighted by Gasteiger charge is 2.29. The van der Waals surface area contributed by atoms with Gasteiger partial charge >= 0.3 is 0 Å². The van der Waals surface area contributed by atoms with Gasteiger partial charge in [0.1, 0.15) is 17.1 Å².